The molecule has 0 saturated carbocycles. The summed E-state index contributed by atoms with van der Waals surface area (Å²) in [6.07, 6.45) is 0. The van der Waals surface area contributed by atoms with Gasteiger partial charge < -0.3 is 19.5 Å². The first-order chi connectivity index (χ1) is 16.4. The second kappa shape index (κ2) is 11.5. The molecule has 0 aliphatic carbocycles. The summed E-state index contributed by atoms with van der Waals surface area (Å²) in [5, 5.41) is 2.78. The molecule has 0 spiro atoms. The molecule has 0 aliphatic rings. The Kier molecular flexibility index (Phi) is 8.50. The van der Waals surface area contributed by atoms with Crippen LogP contribution in [0.2, 0.25) is 0 Å². The van der Waals surface area contributed by atoms with Crippen LogP contribution >= 0.6 is 0 Å². The number of hydrogen-bond acceptors (Lipinski definition) is 6. The lowest BCUT2D eigenvalue weighted by Gasteiger charge is -2.23. The SMILES string of the molecule is COc1ccc(OC)c(S(=O)(=O)N(CC(=O)NCc2ccccc2OC)Cc2ccccc2)c1. The molecule has 0 bridgehead atoms. The van der Waals surface area contributed by atoms with E-state index in [1.807, 2.05) is 36.4 Å². The molecule has 0 radical (unpaired) electrons. The van der Waals surface area contributed by atoms with Gasteiger partial charge in [-0.25, -0.2) is 8.42 Å². The summed E-state index contributed by atoms with van der Waals surface area (Å²) >= 11 is 0. The number of carbonyl (C=O) groups is 1. The van der Waals surface area contributed by atoms with Gasteiger partial charge in [-0.15, -0.1) is 0 Å². The molecule has 0 heterocycles. The van der Waals surface area contributed by atoms with Crippen molar-refractivity contribution in [3.63, 3.8) is 0 Å². The molecule has 3 aromatic carbocycles. The van der Waals surface area contributed by atoms with E-state index in [1.54, 1.807) is 31.4 Å². The fourth-order valence-corrected chi connectivity index (χ4v) is 4.95. The maximum Gasteiger partial charge on any atom is 0.247 e. The number of hydrogen-bond donors (Lipinski definition) is 1. The highest BCUT2D eigenvalue weighted by Gasteiger charge is 2.30. The smallest absolute Gasteiger partial charge is 0.247 e. The first-order valence-corrected chi connectivity index (χ1v) is 12.0. The van der Waals surface area contributed by atoms with Crippen LogP contribution in [0.5, 0.6) is 17.2 Å². The van der Waals surface area contributed by atoms with Crippen LogP contribution in [-0.2, 0) is 27.9 Å². The summed E-state index contributed by atoms with van der Waals surface area (Å²) in [7, 11) is 0.270. The molecule has 3 rings (SSSR count). The van der Waals surface area contributed by atoms with Crippen molar-refractivity contribution in [1.29, 1.82) is 0 Å². The second-order valence-corrected chi connectivity index (χ2v) is 9.27. The van der Waals surface area contributed by atoms with Gasteiger partial charge in [-0.05, 0) is 23.8 Å². The molecule has 34 heavy (non-hydrogen) atoms. The number of sulfonamides is 1. The number of amides is 1. The van der Waals surface area contributed by atoms with Crippen LogP contribution in [0.3, 0.4) is 0 Å². The normalized spacial score (nSPS) is 11.2. The van der Waals surface area contributed by atoms with E-state index in [9.17, 15) is 13.2 Å². The van der Waals surface area contributed by atoms with Crippen LogP contribution in [0.1, 0.15) is 11.1 Å². The molecular weight excluding hydrogens is 456 g/mol. The lowest BCUT2D eigenvalue weighted by atomic mass is 10.2. The Morgan fingerprint density at radius 3 is 2.21 bits per heavy atom. The molecule has 8 nitrogen and oxygen atoms in total. The van der Waals surface area contributed by atoms with E-state index in [0.29, 0.717) is 11.5 Å². The molecule has 180 valence electrons. The topological polar surface area (TPSA) is 94.2 Å². The average molecular weight is 485 g/mol. The first-order valence-electron chi connectivity index (χ1n) is 10.5. The predicted molar refractivity (Wildman–Crippen MR) is 128 cm³/mol. The van der Waals surface area contributed by atoms with E-state index < -0.39 is 15.9 Å². The van der Waals surface area contributed by atoms with Crippen molar-refractivity contribution in [2.75, 3.05) is 27.9 Å². The molecule has 0 aliphatic heterocycles. The van der Waals surface area contributed by atoms with Crippen molar-refractivity contribution in [2.24, 2.45) is 0 Å². The molecule has 0 fully saturated rings. The summed E-state index contributed by atoms with van der Waals surface area (Å²) in [6, 6.07) is 20.9. The highest BCUT2D eigenvalue weighted by molar-refractivity contribution is 7.89. The van der Waals surface area contributed by atoms with Crippen LogP contribution in [0, 0.1) is 0 Å². The Hall–Kier alpha value is -3.56. The van der Waals surface area contributed by atoms with Crippen molar-refractivity contribution < 1.29 is 27.4 Å². The molecule has 1 amide bonds. The second-order valence-electron chi connectivity index (χ2n) is 7.36. The Bertz CT molecular complexity index is 1220. The van der Waals surface area contributed by atoms with Gasteiger partial charge in [0.25, 0.3) is 0 Å². The molecule has 3 aromatic rings. The van der Waals surface area contributed by atoms with Crippen LogP contribution in [0.15, 0.2) is 77.7 Å². The minimum Gasteiger partial charge on any atom is -0.497 e. The van der Waals surface area contributed by atoms with Crippen molar-refractivity contribution in [1.82, 2.24) is 9.62 Å². The number of carbonyl (C=O) groups excluding carboxylic acids is 1. The summed E-state index contributed by atoms with van der Waals surface area (Å²) in [4.78, 5) is 12.8. The molecule has 0 unspecified atom stereocenters. The zero-order chi connectivity index (χ0) is 24.6. The maximum atomic E-state index is 13.7. The predicted octanol–water partition coefficient (Wildman–Crippen LogP) is 3.22. The summed E-state index contributed by atoms with van der Waals surface area (Å²) in [6.45, 7) is -0.178. The van der Waals surface area contributed by atoms with E-state index in [4.69, 9.17) is 14.2 Å². The van der Waals surface area contributed by atoms with Gasteiger partial charge in [0.15, 0.2) is 0 Å². The largest absolute Gasteiger partial charge is 0.497 e. The van der Waals surface area contributed by atoms with Gasteiger partial charge in [-0.2, -0.15) is 4.31 Å². The molecule has 0 saturated heterocycles. The number of para-hydroxylation sites is 1. The quantitative estimate of drug-likeness (QED) is 0.449. The maximum absolute atomic E-state index is 13.7. The number of nitrogens with zero attached hydrogens (tertiary/aromatic N) is 1. The number of nitrogens with one attached hydrogen (secondary N) is 1. The number of rotatable bonds is 11. The Labute approximate surface area is 200 Å². The number of ether oxygens (including phenoxy) is 3. The molecule has 0 aromatic heterocycles. The van der Waals surface area contributed by atoms with Crippen molar-refractivity contribution >= 4 is 15.9 Å². The third-order valence-corrected chi connectivity index (χ3v) is 6.99. The molecular formula is C25H28N2O6S. The van der Waals surface area contributed by atoms with Crippen molar-refractivity contribution in [3.8, 4) is 17.2 Å². The van der Waals surface area contributed by atoms with Gasteiger partial charge in [-0.3, -0.25) is 4.79 Å². The number of methoxy groups -OCH3 is 3. The zero-order valence-corrected chi connectivity index (χ0v) is 20.2. The van der Waals surface area contributed by atoms with Gasteiger partial charge in [-0.1, -0.05) is 48.5 Å². The van der Waals surface area contributed by atoms with E-state index in [2.05, 4.69) is 5.32 Å². The van der Waals surface area contributed by atoms with Gasteiger partial charge in [0.2, 0.25) is 15.9 Å². The lowest BCUT2D eigenvalue weighted by molar-refractivity contribution is -0.121. The van der Waals surface area contributed by atoms with Crippen LogP contribution in [0.25, 0.3) is 0 Å². The van der Waals surface area contributed by atoms with Crippen molar-refractivity contribution in [2.45, 2.75) is 18.0 Å². The fraction of sp³-hybridized carbons (Fsp3) is 0.240. The van der Waals surface area contributed by atoms with Gasteiger partial charge in [0, 0.05) is 24.7 Å². The summed E-state index contributed by atoms with van der Waals surface area (Å²) in [5.74, 6) is 0.706. The van der Waals surface area contributed by atoms with E-state index in [0.717, 1.165) is 15.4 Å². The Morgan fingerprint density at radius 1 is 0.853 bits per heavy atom. The fourth-order valence-electron chi connectivity index (χ4n) is 3.40. The third kappa shape index (κ3) is 6.06. The molecule has 9 heteroatoms. The monoisotopic (exact) mass is 484 g/mol. The minimum atomic E-state index is -4.12. The standard InChI is InChI=1S/C25H28N2O6S/c1-31-21-13-14-23(33-3)24(15-21)34(29,30)27(17-19-9-5-4-6-10-19)18-25(28)26-16-20-11-7-8-12-22(20)32-2/h4-15H,16-18H2,1-3H3,(H,26,28). The first kappa shape index (κ1) is 25.1. The van der Waals surface area contributed by atoms with Crippen LogP contribution in [-0.4, -0.2) is 46.5 Å². The van der Waals surface area contributed by atoms with Gasteiger partial charge >= 0.3 is 0 Å². The van der Waals surface area contributed by atoms with Crippen molar-refractivity contribution in [3.05, 3.63) is 83.9 Å². The van der Waals surface area contributed by atoms with Crippen LogP contribution < -0.4 is 19.5 Å². The average Bonchev–Trinajstić information content (AvgIpc) is 2.87. The minimum absolute atomic E-state index is 0.00557. The Morgan fingerprint density at radius 2 is 1.53 bits per heavy atom. The van der Waals surface area contributed by atoms with Gasteiger partial charge in [0.1, 0.15) is 22.1 Å². The summed E-state index contributed by atoms with van der Waals surface area (Å²) in [5.41, 5.74) is 1.52. The van der Waals surface area contributed by atoms with Crippen LogP contribution in [0.4, 0.5) is 0 Å². The lowest BCUT2D eigenvalue weighted by Crippen LogP contribution is -2.40. The van der Waals surface area contributed by atoms with Gasteiger partial charge in [0.05, 0.1) is 27.9 Å². The highest BCUT2D eigenvalue weighted by atomic mass is 32.2. The molecule has 1 N–H and O–H groups in total. The van der Waals surface area contributed by atoms with E-state index in [-0.39, 0.29) is 30.3 Å². The van der Waals surface area contributed by atoms with E-state index >= 15 is 0 Å². The number of benzene rings is 3. The molecule has 0 atom stereocenters. The highest BCUT2D eigenvalue weighted by Crippen LogP contribution is 2.31. The van der Waals surface area contributed by atoms with E-state index in [1.165, 1.54) is 26.4 Å². The zero-order valence-electron chi connectivity index (χ0n) is 19.4. The third-order valence-electron chi connectivity index (χ3n) is 5.18. The summed E-state index contributed by atoms with van der Waals surface area (Å²) < 4.78 is 44.3. The Balaban J connectivity index is 1.88.